The molecule has 1 aromatic rings. The molecule has 5 rings (SSSR count). The van der Waals surface area contributed by atoms with Crippen molar-refractivity contribution < 1.29 is 0 Å². The van der Waals surface area contributed by atoms with E-state index in [0.29, 0.717) is 17.9 Å². The monoisotopic (exact) mass is 247 g/mol. The van der Waals surface area contributed by atoms with Gasteiger partial charge < -0.3 is 5.73 Å². The molecule has 1 atom stereocenters. The Bertz CT molecular complexity index is 391. The Hall–Kier alpha value is -0.970. The van der Waals surface area contributed by atoms with Crippen LogP contribution in [0, 0.1) is 23.2 Å². The average Bonchev–Trinajstić information content (AvgIpc) is 2.81. The van der Waals surface area contributed by atoms with Gasteiger partial charge >= 0.3 is 0 Å². The van der Waals surface area contributed by atoms with Gasteiger partial charge in [-0.1, -0.05) is 5.21 Å². The molecule has 0 aliphatic heterocycles. The van der Waals surface area contributed by atoms with Crippen molar-refractivity contribution in [3.8, 4) is 0 Å². The molecule has 4 bridgehead atoms. The van der Waals surface area contributed by atoms with Crippen molar-refractivity contribution >= 4 is 0 Å². The maximum Gasteiger partial charge on any atom is 0.179 e. The Morgan fingerprint density at radius 2 is 1.78 bits per heavy atom. The summed E-state index contributed by atoms with van der Waals surface area (Å²) in [5.74, 6) is 3.98. The first-order valence-electron chi connectivity index (χ1n) is 7.22. The van der Waals surface area contributed by atoms with E-state index < -0.39 is 0 Å². The molecular formula is C13H21N5. The number of nitrogens with zero attached hydrogens (tertiary/aromatic N) is 3. The minimum absolute atomic E-state index is 0.310. The lowest BCUT2D eigenvalue weighted by molar-refractivity contribution is -0.0685. The number of aromatic amines is 1. The fourth-order valence-corrected chi connectivity index (χ4v) is 5.55. The van der Waals surface area contributed by atoms with Gasteiger partial charge in [0, 0.05) is 12.5 Å². The largest absolute Gasteiger partial charge is 0.330 e. The molecular weight excluding hydrogens is 226 g/mol. The van der Waals surface area contributed by atoms with Crippen LogP contribution >= 0.6 is 0 Å². The number of H-pyrrole nitrogens is 1. The summed E-state index contributed by atoms with van der Waals surface area (Å²) in [5.41, 5.74) is 6.45. The minimum atomic E-state index is 0.310. The van der Waals surface area contributed by atoms with Crippen molar-refractivity contribution in [2.24, 2.45) is 28.9 Å². The van der Waals surface area contributed by atoms with Gasteiger partial charge in [0.05, 0.1) is 0 Å². The SMILES string of the molecule is NCC(c1nn[nH]n1)C12CC3CC(CC(C3)C1)C2. The summed E-state index contributed by atoms with van der Waals surface area (Å²) in [7, 11) is 0. The van der Waals surface area contributed by atoms with E-state index in [9.17, 15) is 0 Å². The number of aromatic nitrogens is 4. The lowest BCUT2D eigenvalue weighted by Crippen LogP contribution is -2.50. The van der Waals surface area contributed by atoms with Crippen molar-refractivity contribution in [3.63, 3.8) is 0 Å². The maximum atomic E-state index is 6.06. The van der Waals surface area contributed by atoms with E-state index >= 15 is 0 Å². The molecule has 5 nitrogen and oxygen atoms in total. The fraction of sp³-hybridized carbons (Fsp3) is 0.923. The molecule has 0 amide bonds. The lowest BCUT2D eigenvalue weighted by atomic mass is 9.46. The van der Waals surface area contributed by atoms with Crippen molar-refractivity contribution in [1.29, 1.82) is 0 Å². The van der Waals surface area contributed by atoms with Crippen LogP contribution in [0.1, 0.15) is 50.3 Å². The van der Waals surface area contributed by atoms with Gasteiger partial charge in [-0.05, 0) is 61.7 Å². The number of nitrogens with one attached hydrogen (secondary N) is 1. The van der Waals surface area contributed by atoms with E-state index in [0.717, 1.165) is 23.6 Å². The van der Waals surface area contributed by atoms with E-state index in [-0.39, 0.29) is 0 Å². The van der Waals surface area contributed by atoms with Gasteiger partial charge in [-0.3, -0.25) is 0 Å². The second kappa shape index (κ2) is 3.76. The Balaban J connectivity index is 1.70. The summed E-state index contributed by atoms with van der Waals surface area (Å²) in [4.78, 5) is 0. The number of hydrogen-bond acceptors (Lipinski definition) is 4. The first kappa shape index (κ1) is 10.9. The smallest absolute Gasteiger partial charge is 0.179 e. The summed E-state index contributed by atoms with van der Waals surface area (Å²) < 4.78 is 0. The molecule has 5 heteroatoms. The van der Waals surface area contributed by atoms with Crippen LogP contribution < -0.4 is 5.73 Å². The summed E-state index contributed by atoms with van der Waals surface area (Å²) in [6.45, 7) is 0.658. The van der Waals surface area contributed by atoms with Gasteiger partial charge in [-0.15, -0.1) is 10.2 Å². The predicted octanol–water partition coefficient (Wildman–Crippen LogP) is 1.46. The van der Waals surface area contributed by atoms with E-state index in [4.69, 9.17) is 5.73 Å². The number of rotatable bonds is 3. The molecule has 18 heavy (non-hydrogen) atoms. The zero-order valence-electron chi connectivity index (χ0n) is 10.7. The quantitative estimate of drug-likeness (QED) is 0.847. The van der Waals surface area contributed by atoms with Gasteiger partial charge in [0.25, 0.3) is 0 Å². The van der Waals surface area contributed by atoms with Gasteiger partial charge in [0.2, 0.25) is 0 Å². The van der Waals surface area contributed by atoms with Gasteiger partial charge in [-0.25, -0.2) is 0 Å². The third-order valence-corrected chi connectivity index (χ3v) is 5.73. The molecule has 1 unspecified atom stereocenters. The molecule has 98 valence electrons. The Labute approximate surface area is 107 Å². The number of hydrogen-bond donors (Lipinski definition) is 2. The second-order valence-electron chi connectivity index (χ2n) is 6.84. The Morgan fingerprint density at radius 3 is 2.22 bits per heavy atom. The highest BCUT2D eigenvalue weighted by atomic mass is 15.5. The predicted molar refractivity (Wildman–Crippen MR) is 66.6 cm³/mol. The van der Waals surface area contributed by atoms with Gasteiger partial charge in [-0.2, -0.15) is 5.21 Å². The average molecular weight is 247 g/mol. The molecule has 4 aliphatic carbocycles. The highest BCUT2D eigenvalue weighted by Crippen LogP contribution is 2.64. The number of tetrazole rings is 1. The summed E-state index contributed by atoms with van der Waals surface area (Å²) in [6, 6.07) is 0. The molecule has 1 aromatic heterocycles. The second-order valence-corrected chi connectivity index (χ2v) is 6.84. The Morgan fingerprint density at radius 1 is 1.17 bits per heavy atom. The van der Waals surface area contributed by atoms with Crippen molar-refractivity contribution in [3.05, 3.63) is 5.82 Å². The van der Waals surface area contributed by atoms with Gasteiger partial charge in [0.1, 0.15) is 0 Å². The molecule has 0 aromatic carbocycles. The first-order chi connectivity index (χ1) is 8.79. The van der Waals surface area contributed by atoms with Crippen LogP contribution in [0.5, 0.6) is 0 Å². The molecule has 3 N–H and O–H groups in total. The van der Waals surface area contributed by atoms with Crippen molar-refractivity contribution in [1.82, 2.24) is 20.6 Å². The molecule has 1 heterocycles. The third kappa shape index (κ3) is 1.46. The van der Waals surface area contributed by atoms with Crippen molar-refractivity contribution in [2.45, 2.75) is 44.4 Å². The molecule has 0 spiro atoms. The van der Waals surface area contributed by atoms with Crippen LogP contribution in [0.25, 0.3) is 0 Å². The zero-order valence-corrected chi connectivity index (χ0v) is 10.7. The maximum absolute atomic E-state index is 6.06. The normalized spacial score (nSPS) is 43.3. The van der Waals surface area contributed by atoms with E-state index in [1.807, 2.05) is 0 Å². The lowest BCUT2D eigenvalue weighted by Gasteiger charge is -2.59. The Kier molecular flexibility index (Phi) is 2.28. The summed E-state index contributed by atoms with van der Waals surface area (Å²) in [6.07, 6.45) is 8.41. The number of nitrogens with two attached hydrogens (primary N) is 1. The van der Waals surface area contributed by atoms with Crippen LogP contribution in [0.4, 0.5) is 0 Å². The molecule has 0 saturated heterocycles. The van der Waals surface area contributed by atoms with E-state index in [2.05, 4.69) is 20.6 Å². The third-order valence-electron chi connectivity index (χ3n) is 5.73. The minimum Gasteiger partial charge on any atom is -0.330 e. The van der Waals surface area contributed by atoms with Crippen LogP contribution in [0.15, 0.2) is 0 Å². The topological polar surface area (TPSA) is 80.5 Å². The summed E-state index contributed by atoms with van der Waals surface area (Å²) >= 11 is 0. The highest BCUT2D eigenvalue weighted by Gasteiger charge is 2.54. The van der Waals surface area contributed by atoms with Crippen LogP contribution in [-0.2, 0) is 0 Å². The van der Waals surface area contributed by atoms with Crippen LogP contribution in [0.2, 0.25) is 0 Å². The van der Waals surface area contributed by atoms with Crippen molar-refractivity contribution in [2.75, 3.05) is 6.54 Å². The summed E-state index contributed by atoms with van der Waals surface area (Å²) in [5, 5.41) is 14.8. The van der Waals surface area contributed by atoms with E-state index in [1.54, 1.807) is 0 Å². The molecule has 4 saturated carbocycles. The highest BCUT2D eigenvalue weighted by molar-refractivity contribution is 5.11. The van der Waals surface area contributed by atoms with Crippen LogP contribution in [-0.4, -0.2) is 27.2 Å². The first-order valence-corrected chi connectivity index (χ1v) is 7.22. The van der Waals surface area contributed by atoms with Crippen LogP contribution in [0.3, 0.4) is 0 Å². The van der Waals surface area contributed by atoms with E-state index in [1.165, 1.54) is 38.5 Å². The van der Waals surface area contributed by atoms with Gasteiger partial charge in [0.15, 0.2) is 5.82 Å². The fourth-order valence-electron chi connectivity index (χ4n) is 5.55. The standard InChI is InChI=1S/C13H21N5/c14-7-11(12-15-17-18-16-12)13-4-8-1-9(5-13)3-10(2-8)6-13/h8-11H,1-7,14H2,(H,15,16,17,18). The molecule has 4 fully saturated rings. The zero-order chi connectivity index (χ0) is 12.2. The molecule has 4 aliphatic rings. The molecule has 0 radical (unpaired) electrons.